The van der Waals surface area contributed by atoms with Gasteiger partial charge in [-0.25, -0.2) is 9.78 Å². The molecule has 1 aromatic heterocycles. The number of benzene rings is 1. The van der Waals surface area contributed by atoms with E-state index in [1.807, 2.05) is 0 Å². The van der Waals surface area contributed by atoms with Crippen LogP contribution >= 0.6 is 11.3 Å². The molecule has 2 amide bonds. The molecule has 0 aliphatic rings. The predicted molar refractivity (Wildman–Crippen MR) is 96.1 cm³/mol. The Balaban J connectivity index is 1.99. The number of nitrogens with zero attached hydrogens (tertiary/aromatic N) is 1. The van der Waals surface area contributed by atoms with Crippen molar-refractivity contribution >= 4 is 39.9 Å². The molecule has 132 valence electrons. The second-order valence-electron chi connectivity index (χ2n) is 5.85. The van der Waals surface area contributed by atoms with Gasteiger partial charge in [0.1, 0.15) is 0 Å². The maximum atomic E-state index is 12.1. The van der Waals surface area contributed by atoms with E-state index in [1.54, 1.807) is 38.3 Å². The summed E-state index contributed by atoms with van der Waals surface area (Å²) in [6.45, 7) is 5.26. The molecule has 1 heterocycles. The predicted octanol–water partition coefficient (Wildman–Crippen LogP) is 2.93. The van der Waals surface area contributed by atoms with Gasteiger partial charge in [0.15, 0.2) is 5.13 Å². The molecular formula is C17H19N3O4S. The van der Waals surface area contributed by atoms with Crippen LogP contribution in [0.3, 0.4) is 0 Å². The highest BCUT2D eigenvalue weighted by Gasteiger charge is 2.13. The summed E-state index contributed by atoms with van der Waals surface area (Å²) in [6.07, 6.45) is 0.0321. The highest BCUT2D eigenvalue weighted by molar-refractivity contribution is 7.13. The molecule has 1 aromatic carbocycles. The summed E-state index contributed by atoms with van der Waals surface area (Å²) in [4.78, 5) is 39.1. The van der Waals surface area contributed by atoms with Crippen molar-refractivity contribution in [1.29, 1.82) is 0 Å². The number of thiazole rings is 1. The monoisotopic (exact) mass is 361 g/mol. The van der Waals surface area contributed by atoms with Crippen LogP contribution in [0.1, 0.15) is 35.5 Å². The van der Waals surface area contributed by atoms with E-state index >= 15 is 0 Å². The van der Waals surface area contributed by atoms with E-state index in [4.69, 9.17) is 5.11 Å². The van der Waals surface area contributed by atoms with Crippen LogP contribution in [0.5, 0.6) is 0 Å². The molecule has 0 atom stereocenters. The number of aryl methyl sites for hydroxylation is 1. The molecule has 0 aliphatic carbocycles. The van der Waals surface area contributed by atoms with Crippen molar-refractivity contribution in [3.63, 3.8) is 0 Å². The van der Waals surface area contributed by atoms with E-state index in [-0.39, 0.29) is 29.7 Å². The molecule has 2 rings (SSSR count). The molecule has 25 heavy (non-hydrogen) atoms. The highest BCUT2D eigenvalue weighted by atomic mass is 32.1. The summed E-state index contributed by atoms with van der Waals surface area (Å²) in [7, 11) is 0. The summed E-state index contributed by atoms with van der Waals surface area (Å²) in [5.74, 6) is -1.64. The number of hydrogen-bond acceptors (Lipinski definition) is 5. The minimum Gasteiger partial charge on any atom is -0.478 e. The normalized spacial score (nSPS) is 10.6. The lowest BCUT2D eigenvalue weighted by Crippen LogP contribution is -2.18. The van der Waals surface area contributed by atoms with Crippen LogP contribution in [0.25, 0.3) is 0 Å². The molecule has 0 saturated carbocycles. The Morgan fingerprint density at radius 1 is 1.24 bits per heavy atom. The van der Waals surface area contributed by atoms with Gasteiger partial charge in [-0.1, -0.05) is 19.9 Å². The lowest BCUT2D eigenvalue weighted by molar-refractivity contribution is -0.119. The fourth-order valence-corrected chi connectivity index (χ4v) is 2.71. The molecule has 7 nitrogen and oxygen atoms in total. The van der Waals surface area contributed by atoms with Crippen molar-refractivity contribution in [3.8, 4) is 0 Å². The lowest BCUT2D eigenvalue weighted by atomic mass is 10.1. The number of rotatable bonds is 6. The van der Waals surface area contributed by atoms with Gasteiger partial charge in [-0.3, -0.25) is 9.59 Å². The SMILES string of the molecule is Cc1ccc(NC(=O)Cc2csc(NC(=O)C(C)C)n2)cc1C(=O)O. The van der Waals surface area contributed by atoms with Crippen LogP contribution < -0.4 is 10.6 Å². The first-order valence-electron chi connectivity index (χ1n) is 7.65. The Hall–Kier alpha value is -2.74. The second kappa shape index (κ2) is 7.89. The van der Waals surface area contributed by atoms with Crippen molar-refractivity contribution < 1.29 is 19.5 Å². The van der Waals surface area contributed by atoms with E-state index < -0.39 is 5.97 Å². The molecule has 3 N–H and O–H groups in total. The molecular weight excluding hydrogens is 342 g/mol. The quantitative estimate of drug-likeness (QED) is 0.733. The number of aromatic carboxylic acids is 1. The standard InChI is InChI=1S/C17H19N3O4S/c1-9(2)15(22)20-17-19-12(8-25-17)7-14(21)18-11-5-4-10(3)13(6-11)16(23)24/h4-6,8-9H,7H2,1-3H3,(H,18,21)(H,23,24)(H,19,20,22). The van der Waals surface area contributed by atoms with Crippen LogP contribution in [-0.4, -0.2) is 27.9 Å². The number of amides is 2. The molecule has 0 spiro atoms. The Labute approximate surface area is 149 Å². The summed E-state index contributed by atoms with van der Waals surface area (Å²) in [5, 5.41) is 16.6. The third-order valence-electron chi connectivity index (χ3n) is 3.40. The van der Waals surface area contributed by atoms with E-state index in [0.717, 1.165) is 0 Å². The number of carbonyl (C=O) groups is 3. The van der Waals surface area contributed by atoms with Gasteiger partial charge in [0.25, 0.3) is 0 Å². The first-order valence-corrected chi connectivity index (χ1v) is 8.53. The first kappa shape index (κ1) is 18.6. The third kappa shape index (κ3) is 5.12. The van der Waals surface area contributed by atoms with Gasteiger partial charge >= 0.3 is 5.97 Å². The van der Waals surface area contributed by atoms with E-state index in [0.29, 0.717) is 22.1 Å². The van der Waals surface area contributed by atoms with Crippen molar-refractivity contribution in [3.05, 3.63) is 40.4 Å². The molecule has 0 unspecified atom stereocenters. The molecule has 0 aliphatic heterocycles. The van der Waals surface area contributed by atoms with Gasteiger partial charge in [-0.05, 0) is 24.6 Å². The maximum absolute atomic E-state index is 12.1. The number of hydrogen-bond donors (Lipinski definition) is 3. The number of carboxylic acids is 1. The van der Waals surface area contributed by atoms with Crippen LogP contribution in [0.2, 0.25) is 0 Å². The Bertz CT molecular complexity index is 814. The van der Waals surface area contributed by atoms with Gasteiger partial charge in [0.05, 0.1) is 17.7 Å². The Kier molecular flexibility index (Phi) is 5.87. The minimum atomic E-state index is -1.04. The number of anilines is 2. The lowest BCUT2D eigenvalue weighted by Gasteiger charge is -2.07. The van der Waals surface area contributed by atoms with Gasteiger partial charge in [-0.2, -0.15) is 0 Å². The topological polar surface area (TPSA) is 108 Å². The summed E-state index contributed by atoms with van der Waals surface area (Å²) in [6, 6.07) is 4.71. The summed E-state index contributed by atoms with van der Waals surface area (Å²) < 4.78 is 0. The highest BCUT2D eigenvalue weighted by Crippen LogP contribution is 2.18. The molecule has 0 bridgehead atoms. The Morgan fingerprint density at radius 2 is 1.96 bits per heavy atom. The summed E-state index contributed by atoms with van der Waals surface area (Å²) in [5.41, 5.74) is 1.71. The molecule has 0 radical (unpaired) electrons. The van der Waals surface area contributed by atoms with E-state index in [9.17, 15) is 14.4 Å². The summed E-state index contributed by atoms with van der Waals surface area (Å²) >= 11 is 1.25. The average molecular weight is 361 g/mol. The van der Waals surface area contributed by atoms with Crippen LogP contribution in [0.4, 0.5) is 10.8 Å². The van der Waals surface area contributed by atoms with Crippen LogP contribution in [0, 0.1) is 12.8 Å². The van der Waals surface area contributed by atoms with Gasteiger partial charge < -0.3 is 15.7 Å². The van der Waals surface area contributed by atoms with Crippen molar-refractivity contribution in [2.24, 2.45) is 5.92 Å². The van der Waals surface area contributed by atoms with Gasteiger partial charge in [-0.15, -0.1) is 11.3 Å². The third-order valence-corrected chi connectivity index (χ3v) is 4.21. The molecule has 8 heteroatoms. The van der Waals surface area contributed by atoms with Crippen LogP contribution in [0.15, 0.2) is 23.6 Å². The zero-order valence-electron chi connectivity index (χ0n) is 14.1. The zero-order valence-corrected chi connectivity index (χ0v) is 14.9. The Morgan fingerprint density at radius 3 is 2.60 bits per heavy atom. The van der Waals surface area contributed by atoms with Crippen molar-refractivity contribution in [2.45, 2.75) is 27.2 Å². The molecule has 0 fully saturated rings. The van der Waals surface area contributed by atoms with Crippen molar-refractivity contribution in [1.82, 2.24) is 4.98 Å². The number of carboxylic acid groups (broad SMARTS) is 1. The maximum Gasteiger partial charge on any atom is 0.336 e. The fraction of sp³-hybridized carbons (Fsp3) is 0.294. The number of aromatic nitrogens is 1. The average Bonchev–Trinajstić information content (AvgIpc) is 2.95. The van der Waals surface area contributed by atoms with E-state index in [2.05, 4.69) is 15.6 Å². The molecule has 2 aromatic rings. The first-order chi connectivity index (χ1) is 11.8. The fourth-order valence-electron chi connectivity index (χ4n) is 2.00. The zero-order chi connectivity index (χ0) is 18.6. The van der Waals surface area contributed by atoms with Gasteiger partial charge in [0, 0.05) is 17.0 Å². The number of nitrogens with one attached hydrogen (secondary N) is 2. The smallest absolute Gasteiger partial charge is 0.336 e. The number of carbonyl (C=O) groups excluding carboxylic acids is 2. The second-order valence-corrected chi connectivity index (χ2v) is 6.71. The van der Waals surface area contributed by atoms with Crippen LogP contribution in [-0.2, 0) is 16.0 Å². The van der Waals surface area contributed by atoms with E-state index in [1.165, 1.54) is 17.4 Å². The van der Waals surface area contributed by atoms with Gasteiger partial charge in [0.2, 0.25) is 11.8 Å². The van der Waals surface area contributed by atoms with Crippen molar-refractivity contribution in [2.75, 3.05) is 10.6 Å². The molecule has 0 saturated heterocycles. The minimum absolute atomic E-state index is 0.0321. The largest absolute Gasteiger partial charge is 0.478 e.